The molecule has 0 bridgehead atoms. The first-order valence-electron chi connectivity index (χ1n) is 7.79. The topological polar surface area (TPSA) is 61.0 Å². The summed E-state index contributed by atoms with van der Waals surface area (Å²) in [6.45, 7) is 7.96. The number of hydrogen-bond donors (Lipinski definition) is 2. The van der Waals surface area contributed by atoms with Crippen molar-refractivity contribution in [2.45, 2.75) is 39.7 Å². The Morgan fingerprint density at radius 3 is 2.50 bits per heavy atom. The molecule has 1 heterocycles. The van der Waals surface area contributed by atoms with E-state index in [0.29, 0.717) is 15.8 Å². The number of rotatable bonds is 5. The number of amides is 1. The van der Waals surface area contributed by atoms with Crippen molar-refractivity contribution < 1.29 is 9.18 Å². The van der Waals surface area contributed by atoms with Crippen molar-refractivity contribution in [3.8, 4) is 0 Å². The summed E-state index contributed by atoms with van der Waals surface area (Å²) in [5, 5.41) is 9.57. The summed E-state index contributed by atoms with van der Waals surface area (Å²) in [5.74, 6) is -0.570. The van der Waals surface area contributed by atoms with Crippen molar-refractivity contribution in [1.82, 2.24) is 10.2 Å². The van der Waals surface area contributed by atoms with E-state index in [1.54, 1.807) is 12.1 Å². The lowest BCUT2D eigenvalue weighted by Gasteiger charge is -2.24. The summed E-state index contributed by atoms with van der Waals surface area (Å²) < 4.78 is 14.9. The summed E-state index contributed by atoms with van der Waals surface area (Å²) in [4.78, 5) is 14.2. The lowest BCUT2D eigenvalue weighted by atomic mass is 10.1. The maximum absolute atomic E-state index is 14.3. The van der Waals surface area contributed by atoms with Gasteiger partial charge in [0.1, 0.15) is 5.82 Å². The molecule has 5 nitrogen and oxygen atoms in total. The lowest BCUT2D eigenvalue weighted by molar-refractivity contribution is 0.102. The van der Waals surface area contributed by atoms with Crippen molar-refractivity contribution in [2.24, 2.45) is 0 Å². The summed E-state index contributed by atoms with van der Waals surface area (Å²) in [5.41, 5.74) is 1.98. The molecule has 0 fully saturated rings. The van der Waals surface area contributed by atoms with Crippen molar-refractivity contribution in [3.63, 3.8) is 0 Å². The van der Waals surface area contributed by atoms with Crippen molar-refractivity contribution in [2.75, 3.05) is 17.3 Å². The van der Waals surface area contributed by atoms with E-state index in [1.807, 2.05) is 39.6 Å². The van der Waals surface area contributed by atoms with Crippen LogP contribution >= 0.6 is 15.9 Å². The number of aromatic nitrogens is 2. The molecular formula is C17H22BrFN4O. The molecule has 0 aliphatic carbocycles. The Hall–Kier alpha value is -1.89. The maximum Gasteiger partial charge on any atom is 0.277 e. The molecule has 24 heavy (non-hydrogen) atoms. The smallest absolute Gasteiger partial charge is 0.277 e. The molecule has 2 rings (SSSR count). The molecule has 130 valence electrons. The van der Waals surface area contributed by atoms with Crippen LogP contribution in [0.2, 0.25) is 0 Å². The van der Waals surface area contributed by atoms with E-state index in [4.69, 9.17) is 0 Å². The predicted octanol–water partition coefficient (Wildman–Crippen LogP) is 4.53. The molecule has 0 aliphatic rings. The molecule has 2 N–H and O–H groups in total. The Kier molecular flexibility index (Phi) is 5.64. The van der Waals surface area contributed by atoms with Gasteiger partial charge in [0, 0.05) is 18.8 Å². The number of halogens is 2. The Labute approximate surface area is 149 Å². The molecule has 0 saturated carbocycles. The van der Waals surface area contributed by atoms with Crippen LogP contribution in [0.3, 0.4) is 0 Å². The molecule has 0 aliphatic heterocycles. The first-order valence-corrected chi connectivity index (χ1v) is 8.59. The van der Waals surface area contributed by atoms with Crippen LogP contribution in [-0.2, 0) is 0 Å². The highest BCUT2D eigenvalue weighted by molar-refractivity contribution is 9.10. The van der Waals surface area contributed by atoms with Gasteiger partial charge in [-0.2, -0.15) is 5.10 Å². The Morgan fingerprint density at radius 2 is 2.00 bits per heavy atom. The molecule has 0 atom stereocenters. The van der Waals surface area contributed by atoms with Crippen LogP contribution in [0.15, 0.2) is 22.7 Å². The van der Waals surface area contributed by atoms with Crippen LogP contribution < -0.4 is 10.2 Å². The zero-order chi connectivity index (χ0) is 18.0. The van der Waals surface area contributed by atoms with E-state index >= 15 is 0 Å². The molecule has 1 aromatic heterocycles. The normalized spacial score (nSPS) is 11.2. The van der Waals surface area contributed by atoms with Gasteiger partial charge >= 0.3 is 0 Å². The third-order valence-electron chi connectivity index (χ3n) is 3.89. The number of H-pyrrole nitrogens is 1. The largest absolute Gasteiger partial charge is 0.370 e. The van der Waals surface area contributed by atoms with Crippen LogP contribution in [0.5, 0.6) is 0 Å². The van der Waals surface area contributed by atoms with E-state index in [2.05, 4.69) is 31.4 Å². The number of hydrogen-bond acceptors (Lipinski definition) is 3. The lowest BCUT2D eigenvalue weighted by Crippen LogP contribution is -2.26. The van der Waals surface area contributed by atoms with E-state index in [0.717, 1.165) is 5.69 Å². The summed E-state index contributed by atoms with van der Waals surface area (Å²) in [6.07, 6.45) is 0. The number of aromatic amines is 1. The van der Waals surface area contributed by atoms with Crippen LogP contribution in [0.4, 0.5) is 15.8 Å². The van der Waals surface area contributed by atoms with Crippen molar-refractivity contribution in [1.29, 1.82) is 0 Å². The standard InChI is InChI=1S/C17H22BrFN4O/c1-9(2)15-14(18)16(22-21-15)17(24)20-11-6-7-13(12(19)8-11)23(5)10(3)4/h6-10H,1-5H3,(H,20,24)(H,21,22). The van der Waals surface area contributed by atoms with E-state index in [-0.39, 0.29) is 23.5 Å². The monoisotopic (exact) mass is 396 g/mol. The minimum absolute atomic E-state index is 0.175. The number of benzene rings is 1. The number of anilines is 2. The molecule has 7 heteroatoms. The highest BCUT2D eigenvalue weighted by Gasteiger charge is 2.20. The first-order chi connectivity index (χ1) is 11.2. The molecule has 0 unspecified atom stereocenters. The fourth-order valence-electron chi connectivity index (χ4n) is 2.21. The summed E-state index contributed by atoms with van der Waals surface area (Å²) >= 11 is 3.39. The van der Waals surface area contributed by atoms with Crippen LogP contribution in [0.25, 0.3) is 0 Å². The quantitative estimate of drug-likeness (QED) is 0.779. The molecule has 1 amide bonds. The average Bonchev–Trinajstić information content (AvgIpc) is 2.88. The Balaban J connectivity index is 2.20. The molecule has 0 radical (unpaired) electrons. The highest BCUT2D eigenvalue weighted by atomic mass is 79.9. The van der Waals surface area contributed by atoms with E-state index in [9.17, 15) is 9.18 Å². The number of carbonyl (C=O) groups excluding carboxylic acids is 1. The summed E-state index contributed by atoms with van der Waals surface area (Å²) in [7, 11) is 1.83. The second-order valence-electron chi connectivity index (χ2n) is 6.28. The molecule has 0 saturated heterocycles. The zero-order valence-corrected chi connectivity index (χ0v) is 16.0. The van der Waals surface area contributed by atoms with Crippen LogP contribution in [-0.4, -0.2) is 29.2 Å². The second-order valence-corrected chi connectivity index (χ2v) is 7.07. The first kappa shape index (κ1) is 18.4. The fourth-order valence-corrected chi connectivity index (χ4v) is 3.03. The third-order valence-corrected chi connectivity index (χ3v) is 4.69. The second kappa shape index (κ2) is 7.34. The van der Waals surface area contributed by atoms with Gasteiger partial charge in [-0.25, -0.2) is 4.39 Å². The van der Waals surface area contributed by atoms with Gasteiger partial charge in [-0.1, -0.05) is 13.8 Å². The molecule has 1 aromatic carbocycles. The predicted molar refractivity (Wildman–Crippen MR) is 98.3 cm³/mol. The van der Waals surface area contributed by atoms with Crippen LogP contribution in [0, 0.1) is 5.82 Å². The molecule has 2 aromatic rings. The van der Waals surface area contributed by atoms with Gasteiger partial charge in [-0.3, -0.25) is 9.89 Å². The maximum atomic E-state index is 14.3. The SMILES string of the molecule is CC(C)c1[nH]nc(C(=O)Nc2ccc(N(C)C(C)C)c(F)c2)c1Br. The Morgan fingerprint density at radius 1 is 1.33 bits per heavy atom. The van der Waals surface area contributed by atoms with Gasteiger partial charge in [0.2, 0.25) is 0 Å². The molecular weight excluding hydrogens is 375 g/mol. The van der Waals surface area contributed by atoms with Gasteiger partial charge in [-0.15, -0.1) is 0 Å². The van der Waals surface area contributed by atoms with Crippen LogP contribution in [0.1, 0.15) is 49.8 Å². The number of carbonyl (C=O) groups is 1. The highest BCUT2D eigenvalue weighted by Crippen LogP contribution is 2.27. The van der Waals surface area contributed by atoms with Gasteiger partial charge in [0.05, 0.1) is 15.9 Å². The zero-order valence-electron chi connectivity index (χ0n) is 14.4. The minimum atomic E-state index is -0.394. The Bertz CT molecular complexity index is 742. The fraction of sp³-hybridized carbons (Fsp3) is 0.412. The number of nitrogens with zero attached hydrogens (tertiary/aromatic N) is 2. The van der Waals surface area contributed by atoms with Crippen molar-refractivity contribution in [3.05, 3.63) is 39.9 Å². The van der Waals surface area contributed by atoms with Gasteiger partial charge in [0.15, 0.2) is 5.69 Å². The van der Waals surface area contributed by atoms with E-state index in [1.165, 1.54) is 6.07 Å². The van der Waals surface area contributed by atoms with Gasteiger partial charge < -0.3 is 10.2 Å². The summed E-state index contributed by atoms with van der Waals surface area (Å²) in [6, 6.07) is 4.83. The van der Waals surface area contributed by atoms with Gasteiger partial charge in [0.25, 0.3) is 5.91 Å². The van der Waals surface area contributed by atoms with Crippen molar-refractivity contribution >= 4 is 33.2 Å². The third kappa shape index (κ3) is 3.77. The minimum Gasteiger partial charge on any atom is -0.370 e. The average molecular weight is 397 g/mol. The van der Waals surface area contributed by atoms with E-state index < -0.39 is 5.91 Å². The number of nitrogens with one attached hydrogen (secondary N) is 2. The van der Waals surface area contributed by atoms with Gasteiger partial charge in [-0.05, 0) is 53.9 Å². The molecule has 0 spiro atoms.